The fourth-order valence-electron chi connectivity index (χ4n) is 10.3. The molecule has 0 aromatic carbocycles. The lowest BCUT2D eigenvalue weighted by Gasteiger charge is -2.66. The number of hydrogen-bond donors (Lipinski definition) is 4. The molecule has 4 nitrogen and oxygen atoms in total. The van der Waals surface area contributed by atoms with E-state index >= 15 is 0 Å². The van der Waals surface area contributed by atoms with Gasteiger partial charge in [0.1, 0.15) is 11.7 Å². The smallest absolute Gasteiger partial charge is 0.110 e. The summed E-state index contributed by atoms with van der Waals surface area (Å²) >= 11 is 0. The molecule has 0 radical (unpaired) electrons. The third kappa shape index (κ3) is 2.73. The Kier molecular flexibility index (Phi) is 5.38. The first kappa shape index (κ1) is 24.3. The van der Waals surface area contributed by atoms with Gasteiger partial charge in [0.05, 0.1) is 12.2 Å². The number of aliphatic hydroxyl groups is 4. The van der Waals surface area contributed by atoms with E-state index in [1.54, 1.807) is 0 Å². The minimum Gasteiger partial charge on any atom is -0.393 e. The maximum absolute atomic E-state index is 11.8. The van der Waals surface area contributed by atoms with Gasteiger partial charge in [-0.15, -0.1) is 0 Å². The highest BCUT2D eigenvalue weighted by Gasteiger charge is 2.90. The lowest BCUT2D eigenvalue weighted by molar-refractivity contribution is -0.297. The predicted octanol–water partition coefficient (Wildman–Crippen LogP) is 4.69. The Morgan fingerprint density at radius 1 is 0.848 bits per heavy atom. The Balaban J connectivity index is 1.48. The fourth-order valence-corrected chi connectivity index (χ4v) is 10.3. The molecule has 12 unspecified atom stereocenters. The molecule has 33 heavy (non-hydrogen) atoms. The zero-order chi connectivity index (χ0) is 24.2. The summed E-state index contributed by atoms with van der Waals surface area (Å²) in [4.78, 5) is 0. The van der Waals surface area contributed by atoms with Crippen LogP contribution in [0.2, 0.25) is 0 Å². The Bertz CT molecular complexity index is 824. The molecule has 4 N–H and O–H groups in total. The van der Waals surface area contributed by atoms with Crippen LogP contribution in [-0.4, -0.2) is 44.3 Å². The molecule has 0 spiro atoms. The minimum atomic E-state index is -1.40. The molecule has 12 atom stereocenters. The lowest BCUT2D eigenvalue weighted by atomic mass is 9.41. The van der Waals surface area contributed by atoms with Crippen molar-refractivity contribution in [2.75, 3.05) is 0 Å². The van der Waals surface area contributed by atoms with Crippen LogP contribution in [0.5, 0.6) is 0 Å². The van der Waals surface area contributed by atoms with Crippen LogP contribution in [0, 0.1) is 51.2 Å². The Labute approximate surface area is 200 Å². The maximum atomic E-state index is 11.8. The summed E-state index contributed by atoms with van der Waals surface area (Å²) in [6.07, 6.45) is 9.14. The van der Waals surface area contributed by atoms with Crippen molar-refractivity contribution in [3.63, 3.8) is 0 Å². The van der Waals surface area contributed by atoms with Crippen molar-refractivity contribution in [1.82, 2.24) is 0 Å². The molecule has 5 aliphatic carbocycles. The van der Waals surface area contributed by atoms with Crippen LogP contribution in [0.4, 0.5) is 0 Å². The average Bonchev–Trinajstić information content (AvgIpc) is 3.35. The quantitative estimate of drug-likeness (QED) is 0.459. The van der Waals surface area contributed by atoms with E-state index in [4.69, 9.17) is 0 Å². The van der Waals surface area contributed by atoms with Crippen LogP contribution < -0.4 is 0 Å². The number of allylic oxidation sites excluding steroid dienone is 2. The lowest BCUT2D eigenvalue weighted by Crippen LogP contribution is -2.73. The van der Waals surface area contributed by atoms with Crippen molar-refractivity contribution in [1.29, 1.82) is 0 Å². The summed E-state index contributed by atoms with van der Waals surface area (Å²) in [6.45, 7) is 13.9. The fraction of sp³-hybridized carbons (Fsp3) is 0.931. The van der Waals surface area contributed by atoms with Gasteiger partial charge in [-0.2, -0.15) is 0 Å². The van der Waals surface area contributed by atoms with Gasteiger partial charge in [0.15, 0.2) is 0 Å². The van der Waals surface area contributed by atoms with Crippen molar-refractivity contribution in [2.24, 2.45) is 51.2 Å². The van der Waals surface area contributed by atoms with Crippen LogP contribution in [0.25, 0.3) is 0 Å². The zero-order valence-corrected chi connectivity index (χ0v) is 21.7. The van der Waals surface area contributed by atoms with Gasteiger partial charge in [-0.1, -0.05) is 53.7 Å². The van der Waals surface area contributed by atoms with Crippen LogP contribution >= 0.6 is 0 Å². The third-order valence-corrected chi connectivity index (χ3v) is 12.7. The summed E-state index contributed by atoms with van der Waals surface area (Å²) in [7, 11) is 0. The third-order valence-electron chi connectivity index (χ3n) is 12.7. The molecule has 5 saturated carbocycles. The van der Waals surface area contributed by atoms with Crippen molar-refractivity contribution >= 4 is 0 Å². The van der Waals surface area contributed by atoms with Gasteiger partial charge in [-0.25, -0.2) is 0 Å². The van der Waals surface area contributed by atoms with Gasteiger partial charge >= 0.3 is 0 Å². The van der Waals surface area contributed by atoms with Crippen molar-refractivity contribution in [3.8, 4) is 0 Å². The van der Waals surface area contributed by atoms with Gasteiger partial charge in [-0.05, 0) is 85.4 Å². The Hall–Kier alpha value is -0.420. The topological polar surface area (TPSA) is 80.9 Å². The molecule has 4 heteroatoms. The Morgan fingerprint density at radius 2 is 1.55 bits per heavy atom. The number of rotatable bonds is 4. The molecule has 5 fully saturated rings. The molecule has 0 aliphatic heterocycles. The van der Waals surface area contributed by atoms with Crippen LogP contribution in [0.3, 0.4) is 0 Å². The highest BCUT2D eigenvalue weighted by Crippen LogP contribution is 2.90. The van der Waals surface area contributed by atoms with E-state index in [1.807, 2.05) is 0 Å². The van der Waals surface area contributed by atoms with E-state index in [-0.39, 0.29) is 22.7 Å². The first-order valence-electron chi connectivity index (χ1n) is 13.8. The van der Waals surface area contributed by atoms with Gasteiger partial charge in [0.25, 0.3) is 0 Å². The highest BCUT2D eigenvalue weighted by atomic mass is 16.4. The van der Waals surface area contributed by atoms with Gasteiger partial charge in [0.2, 0.25) is 0 Å². The number of aliphatic hydroxyl groups excluding tert-OH is 3. The summed E-state index contributed by atoms with van der Waals surface area (Å²) in [5, 5.41) is 45.3. The van der Waals surface area contributed by atoms with Crippen LogP contribution in [0.1, 0.15) is 92.9 Å². The minimum absolute atomic E-state index is 0.113. The summed E-state index contributed by atoms with van der Waals surface area (Å²) in [6, 6.07) is 0. The molecule has 0 aromatic heterocycles. The van der Waals surface area contributed by atoms with Crippen molar-refractivity contribution < 1.29 is 20.4 Å². The average molecular weight is 461 g/mol. The number of hydrogen-bond acceptors (Lipinski definition) is 4. The molecule has 0 heterocycles. The van der Waals surface area contributed by atoms with E-state index in [1.165, 1.54) is 6.42 Å². The van der Waals surface area contributed by atoms with Crippen LogP contribution in [0.15, 0.2) is 12.2 Å². The molecule has 188 valence electrons. The SMILES string of the molecule is CC(C)C(C)C=CC(C)C1CCC2C1(C)CCC13CC21C(O)C(O)C1(O)CC(O)CCC13C. The van der Waals surface area contributed by atoms with Crippen molar-refractivity contribution in [2.45, 2.75) is 117 Å². The predicted molar refractivity (Wildman–Crippen MR) is 130 cm³/mol. The molecule has 5 aliphatic rings. The molecular weight excluding hydrogens is 412 g/mol. The second-order valence-corrected chi connectivity index (χ2v) is 13.9. The van der Waals surface area contributed by atoms with E-state index in [0.717, 1.165) is 32.1 Å². The zero-order valence-electron chi connectivity index (χ0n) is 21.7. The second-order valence-electron chi connectivity index (χ2n) is 13.9. The first-order chi connectivity index (χ1) is 15.3. The van der Waals surface area contributed by atoms with Crippen LogP contribution in [-0.2, 0) is 0 Å². The van der Waals surface area contributed by atoms with E-state index in [9.17, 15) is 20.4 Å². The largest absolute Gasteiger partial charge is 0.393 e. The standard InChI is InChI=1S/C29H48O4/c1-17(2)18(3)7-8-19(4)21-9-10-22-25(21,5)13-14-27-16-28(22,27)23(31)24(32)29(33)15-20(30)11-12-26(27,29)6/h7-8,17-24,30-33H,9-16H2,1-6H3. The molecule has 0 aromatic rings. The summed E-state index contributed by atoms with van der Waals surface area (Å²) < 4.78 is 0. The molecule has 0 bridgehead atoms. The monoisotopic (exact) mass is 460 g/mol. The van der Waals surface area contributed by atoms with E-state index in [0.29, 0.717) is 36.0 Å². The molecule has 0 amide bonds. The maximum Gasteiger partial charge on any atom is 0.110 e. The van der Waals surface area contributed by atoms with Gasteiger partial charge < -0.3 is 20.4 Å². The Morgan fingerprint density at radius 3 is 2.21 bits per heavy atom. The molecule has 5 rings (SSSR count). The van der Waals surface area contributed by atoms with E-state index in [2.05, 4.69) is 53.7 Å². The highest BCUT2D eigenvalue weighted by molar-refractivity contribution is 5.38. The van der Waals surface area contributed by atoms with E-state index < -0.39 is 29.3 Å². The van der Waals surface area contributed by atoms with Gasteiger partial charge in [-0.3, -0.25) is 0 Å². The normalized spacial score (nSPS) is 57.2. The summed E-state index contributed by atoms with van der Waals surface area (Å²) in [5.41, 5.74) is -2.09. The second kappa shape index (κ2) is 7.31. The first-order valence-corrected chi connectivity index (χ1v) is 13.8. The van der Waals surface area contributed by atoms with Crippen molar-refractivity contribution in [3.05, 3.63) is 12.2 Å². The summed E-state index contributed by atoms with van der Waals surface area (Å²) in [5.74, 6) is 2.71. The number of fused-ring (bicyclic) bond motifs is 2. The molecule has 0 saturated heterocycles. The molecular formula is C29H48O4. The van der Waals surface area contributed by atoms with Gasteiger partial charge in [0, 0.05) is 17.3 Å².